The predicted molar refractivity (Wildman–Crippen MR) is 85.8 cm³/mol. The number of carbonyl (C=O) groups is 2. The first-order chi connectivity index (χ1) is 11.5. The lowest BCUT2D eigenvalue weighted by Gasteiger charge is -2.35. The molecule has 0 saturated carbocycles. The van der Waals surface area contributed by atoms with E-state index in [0.29, 0.717) is 0 Å². The molecule has 0 amide bonds. The van der Waals surface area contributed by atoms with Gasteiger partial charge < -0.3 is 19.3 Å². The first kappa shape index (κ1) is 18.2. The first-order valence-electron chi connectivity index (χ1n) is 7.88. The summed E-state index contributed by atoms with van der Waals surface area (Å²) in [5.41, 5.74) is 0.911. The molecule has 0 aliphatic heterocycles. The fourth-order valence-electron chi connectivity index (χ4n) is 2.59. The maximum absolute atomic E-state index is 12.1. The molecule has 4 atom stereocenters. The number of carbonyl (C=O) groups excluding carboxylic acids is 2. The highest BCUT2D eigenvalue weighted by atomic mass is 16.6. The molecule has 0 heterocycles. The summed E-state index contributed by atoms with van der Waals surface area (Å²) in [4.78, 5) is 23.5. The van der Waals surface area contributed by atoms with Gasteiger partial charge in [0.25, 0.3) is 0 Å². The van der Waals surface area contributed by atoms with Crippen molar-refractivity contribution >= 4 is 11.9 Å². The van der Waals surface area contributed by atoms with Crippen LogP contribution in [0.4, 0.5) is 0 Å². The Hall–Kier alpha value is -2.18. The lowest BCUT2D eigenvalue weighted by Crippen LogP contribution is -2.50. The summed E-state index contributed by atoms with van der Waals surface area (Å²) >= 11 is 0. The molecule has 1 aliphatic rings. The fourth-order valence-corrected chi connectivity index (χ4v) is 2.59. The van der Waals surface area contributed by atoms with Gasteiger partial charge in [0.2, 0.25) is 0 Å². The average Bonchev–Trinajstić information content (AvgIpc) is 2.55. The van der Waals surface area contributed by atoms with E-state index in [9.17, 15) is 14.7 Å². The highest BCUT2D eigenvalue weighted by molar-refractivity contribution is 5.76. The smallest absolute Gasteiger partial charge is 0.316 e. The van der Waals surface area contributed by atoms with Crippen LogP contribution in [0.5, 0.6) is 0 Å². The van der Waals surface area contributed by atoms with Crippen molar-refractivity contribution in [3.05, 3.63) is 48.0 Å². The number of aliphatic hydroxyl groups excluding tert-OH is 1. The summed E-state index contributed by atoms with van der Waals surface area (Å²) in [6.45, 7) is 3.39. The minimum atomic E-state index is -0.983. The van der Waals surface area contributed by atoms with Crippen LogP contribution in [0.25, 0.3) is 0 Å². The number of hydrogen-bond donors (Lipinski definition) is 1. The largest absolute Gasteiger partial charge is 0.465 e. The second kappa shape index (κ2) is 8.61. The Balaban J connectivity index is 2.16. The highest BCUT2D eigenvalue weighted by Crippen LogP contribution is 2.27. The van der Waals surface area contributed by atoms with Gasteiger partial charge in [0, 0.05) is 6.92 Å². The number of ether oxygens (including phenoxy) is 3. The molecule has 0 radical (unpaired) electrons. The molecule has 6 heteroatoms. The van der Waals surface area contributed by atoms with E-state index in [-0.39, 0.29) is 13.2 Å². The zero-order chi connectivity index (χ0) is 17.5. The van der Waals surface area contributed by atoms with Gasteiger partial charge in [-0.2, -0.15) is 0 Å². The Morgan fingerprint density at radius 3 is 2.46 bits per heavy atom. The second-order valence-corrected chi connectivity index (χ2v) is 5.49. The summed E-state index contributed by atoms with van der Waals surface area (Å²) in [7, 11) is 0. The van der Waals surface area contributed by atoms with Crippen LogP contribution in [0.3, 0.4) is 0 Å². The Labute approximate surface area is 141 Å². The quantitative estimate of drug-likeness (QED) is 0.629. The molecular weight excluding hydrogens is 312 g/mol. The molecule has 1 N–H and O–H groups in total. The van der Waals surface area contributed by atoms with Crippen molar-refractivity contribution in [2.24, 2.45) is 5.92 Å². The van der Waals surface area contributed by atoms with Gasteiger partial charge in [0.15, 0.2) is 0 Å². The molecule has 0 saturated heterocycles. The van der Waals surface area contributed by atoms with Gasteiger partial charge in [-0.3, -0.25) is 9.59 Å². The van der Waals surface area contributed by atoms with E-state index >= 15 is 0 Å². The van der Waals surface area contributed by atoms with E-state index in [2.05, 4.69) is 0 Å². The minimum Gasteiger partial charge on any atom is -0.465 e. The number of esters is 2. The summed E-state index contributed by atoms with van der Waals surface area (Å²) in [6.07, 6.45) is 0.193. The van der Waals surface area contributed by atoms with E-state index in [1.807, 2.05) is 30.3 Å². The lowest BCUT2D eigenvalue weighted by molar-refractivity contribution is -0.177. The maximum atomic E-state index is 12.1. The summed E-state index contributed by atoms with van der Waals surface area (Å²) in [5, 5.41) is 10.2. The third kappa shape index (κ3) is 4.66. The van der Waals surface area contributed by atoms with Gasteiger partial charge >= 0.3 is 11.9 Å². The topological polar surface area (TPSA) is 82.1 Å². The van der Waals surface area contributed by atoms with Crippen molar-refractivity contribution in [3.63, 3.8) is 0 Å². The second-order valence-electron chi connectivity index (χ2n) is 5.49. The van der Waals surface area contributed by atoms with E-state index in [1.54, 1.807) is 6.92 Å². The van der Waals surface area contributed by atoms with Crippen LogP contribution in [0.15, 0.2) is 42.5 Å². The van der Waals surface area contributed by atoms with Crippen molar-refractivity contribution < 1.29 is 28.9 Å². The van der Waals surface area contributed by atoms with Crippen LogP contribution in [-0.2, 0) is 30.4 Å². The molecule has 0 aromatic heterocycles. The molecular formula is C18H22O6. The van der Waals surface area contributed by atoms with Crippen LogP contribution in [0.2, 0.25) is 0 Å². The van der Waals surface area contributed by atoms with Crippen LogP contribution >= 0.6 is 0 Å². The molecule has 1 aromatic rings. The molecule has 0 fully saturated rings. The van der Waals surface area contributed by atoms with Gasteiger partial charge in [-0.15, -0.1) is 0 Å². The maximum Gasteiger partial charge on any atom is 0.316 e. The zero-order valence-electron chi connectivity index (χ0n) is 13.8. The Bertz CT molecular complexity index is 582. The predicted octanol–water partition coefficient (Wildman–Crippen LogP) is 1.61. The Morgan fingerprint density at radius 1 is 1.12 bits per heavy atom. The van der Waals surface area contributed by atoms with E-state index in [4.69, 9.17) is 14.2 Å². The summed E-state index contributed by atoms with van der Waals surface area (Å²) in [6, 6.07) is 9.41. The number of benzene rings is 1. The SMILES string of the molecule is CCOC(=O)[C@H]1C=C[C@H](O)[C@@H](OCc2ccccc2)[C@@H]1OC(C)=O. The van der Waals surface area contributed by atoms with Crippen molar-refractivity contribution in [2.75, 3.05) is 6.61 Å². The molecule has 0 unspecified atom stereocenters. The van der Waals surface area contributed by atoms with Gasteiger partial charge in [-0.05, 0) is 12.5 Å². The number of aliphatic hydroxyl groups is 1. The number of rotatable bonds is 6. The third-order valence-electron chi connectivity index (χ3n) is 3.68. The summed E-state index contributed by atoms with van der Waals surface area (Å²) in [5.74, 6) is -1.87. The highest BCUT2D eigenvalue weighted by Gasteiger charge is 2.43. The average molecular weight is 334 g/mol. The molecule has 2 rings (SSSR count). The van der Waals surface area contributed by atoms with Crippen LogP contribution in [0, 0.1) is 5.92 Å². The van der Waals surface area contributed by atoms with E-state index < -0.39 is 36.2 Å². The van der Waals surface area contributed by atoms with Crippen molar-refractivity contribution in [1.82, 2.24) is 0 Å². The molecule has 6 nitrogen and oxygen atoms in total. The van der Waals surface area contributed by atoms with Crippen molar-refractivity contribution in [3.8, 4) is 0 Å². The summed E-state index contributed by atoms with van der Waals surface area (Å²) < 4.78 is 16.1. The van der Waals surface area contributed by atoms with Gasteiger partial charge in [0.05, 0.1) is 13.2 Å². The zero-order valence-corrected chi connectivity index (χ0v) is 13.8. The number of hydrogen-bond acceptors (Lipinski definition) is 6. The van der Waals surface area contributed by atoms with Crippen LogP contribution in [-0.4, -0.2) is 42.0 Å². The first-order valence-corrected chi connectivity index (χ1v) is 7.88. The monoisotopic (exact) mass is 334 g/mol. The molecule has 0 bridgehead atoms. The molecule has 1 aromatic carbocycles. The van der Waals surface area contributed by atoms with Gasteiger partial charge in [-0.25, -0.2) is 0 Å². The van der Waals surface area contributed by atoms with Gasteiger partial charge in [0.1, 0.15) is 24.2 Å². The van der Waals surface area contributed by atoms with Crippen LogP contribution in [0.1, 0.15) is 19.4 Å². The van der Waals surface area contributed by atoms with Crippen molar-refractivity contribution in [1.29, 1.82) is 0 Å². The van der Waals surface area contributed by atoms with Crippen LogP contribution < -0.4 is 0 Å². The van der Waals surface area contributed by atoms with E-state index in [0.717, 1.165) is 5.56 Å². The van der Waals surface area contributed by atoms with E-state index in [1.165, 1.54) is 19.1 Å². The lowest BCUT2D eigenvalue weighted by atomic mass is 9.88. The standard InChI is InChI=1S/C18H22O6/c1-3-22-18(21)14-9-10-15(20)17(16(14)24-12(2)19)23-11-13-7-5-4-6-8-13/h4-10,14-17,20H,3,11H2,1-2H3/t14-,15-,16+,17+/m0/s1. The minimum absolute atomic E-state index is 0.216. The molecule has 130 valence electrons. The molecule has 24 heavy (non-hydrogen) atoms. The van der Waals surface area contributed by atoms with Crippen molar-refractivity contribution in [2.45, 2.75) is 38.8 Å². The third-order valence-corrected chi connectivity index (χ3v) is 3.68. The Morgan fingerprint density at radius 2 is 1.83 bits per heavy atom. The normalized spacial score (nSPS) is 26.0. The van der Waals surface area contributed by atoms with Gasteiger partial charge in [-0.1, -0.05) is 42.5 Å². The Kier molecular flexibility index (Phi) is 6.52. The fraction of sp³-hybridized carbons (Fsp3) is 0.444. The molecule has 1 aliphatic carbocycles. The molecule has 0 spiro atoms.